The minimum Gasteiger partial charge on any atom is -0.341 e. The molecule has 4 rings (SSSR count). The lowest BCUT2D eigenvalue weighted by Crippen LogP contribution is -2.48. The molecule has 0 aliphatic carbocycles. The molecule has 33 heavy (non-hydrogen) atoms. The fourth-order valence-corrected chi connectivity index (χ4v) is 5.19. The van der Waals surface area contributed by atoms with Gasteiger partial charge in [0.2, 0.25) is 5.95 Å². The van der Waals surface area contributed by atoms with E-state index in [2.05, 4.69) is 32.1 Å². The van der Waals surface area contributed by atoms with Gasteiger partial charge in [-0.1, -0.05) is 35.3 Å². The van der Waals surface area contributed by atoms with Crippen molar-refractivity contribution in [1.82, 2.24) is 25.1 Å². The van der Waals surface area contributed by atoms with E-state index in [9.17, 15) is 4.79 Å². The molecular weight excluding hydrogens is 459 g/mol. The van der Waals surface area contributed by atoms with Crippen molar-refractivity contribution >= 4 is 35.2 Å². The molecule has 3 heterocycles. The number of hydrogen-bond donors (Lipinski definition) is 1. The predicted molar refractivity (Wildman–Crippen MR) is 134 cm³/mol. The zero-order valence-electron chi connectivity index (χ0n) is 19.5. The average Bonchev–Trinajstić information content (AvgIpc) is 3.36. The molecule has 2 saturated heterocycles. The van der Waals surface area contributed by atoms with E-state index in [1.54, 1.807) is 12.4 Å². The summed E-state index contributed by atoms with van der Waals surface area (Å²) in [6, 6.07) is 3.70. The van der Waals surface area contributed by atoms with Crippen molar-refractivity contribution in [2.75, 3.05) is 45.2 Å². The van der Waals surface area contributed by atoms with Crippen LogP contribution in [-0.4, -0.2) is 72.1 Å². The largest absolute Gasteiger partial charge is 0.341 e. The molecule has 0 radical (unpaired) electrons. The van der Waals surface area contributed by atoms with E-state index in [4.69, 9.17) is 23.2 Å². The van der Waals surface area contributed by atoms with Gasteiger partial charge >= 0.3 is 6.03 Å². The van der Waals surface area contributed by atoms with E-state index >= 15 is 0 Å². The summed E-state index contributed by atoms with van der Waals surface area (Å²) in [5, 5.41) is 3.95. The lowest BCUT2D eigenvalue weighted by Gasteiger charge is -2.35. The number of carbonyl (C=O) groups excluding carboxylic acids is 1. The van der Waals surface area contributed by atoms with Crippen LogP contribution in [0.3, 0.4) is 0 Å². The maximum atomic E-state index is 12.8. The van der Waals surface area contributed by atoms with E-state index in [0.29, 0.717) is 10.0 Å². The number of benzene rings is 1. The second-order valence-electron chi connectivity index (χ2n) is 9.11. The lowest BCUT2D eigenvalue weighted by atomic mass is 10.0. The highest BCUT2D eigenvalue weighted by Gasteiger charge is 2.26. The molecule has 0 spiro atoms. The Morgan fingerprint density at radius 1 is 1.09 bits per heavy atom. The van der Waals surface area contributed by atoms with Crippen molar-refractivity contribution in [3.63, 3.8) is 0 Å². The second-order valence-corrected chi connectivity index (χ2v) is 9.87. The Morgan fingerprint density at radius 3 is 2.36 bits per heavy atom. The van der Waals surface area contributed by atoms with Crippen LogP contribution >= 0.6 is 23.2 Å². The minimum atomic E-state index is -0.279. The third kappa shape index (κ3) is 5.36. The number of piperidine rings is 1. The van der Waals surface area contributed by atoms with Crippen molar-refractivity contribution in [3.05, 3.63) is 40.1 Å². The number of urea groups is 1. The molecule has 0 bridgehead atoms. The molecule has 2 aromatic rings. The molecule has 1 N–H and O–H groups in total. The van der Waals surface area contributed by atoms with Crippen LogP contribution in [0.25, 0.3) is 11.1 Å². The standard InChI is InChI=1S/C24H32Cl2N6O/c1-16(29-24(33)31(3)18-8-12-30(2)13-9-18)19-6-7-20(22(26)21(19)25)17-14-27-23(28-15-17)32-10-4-5-11-32/h6-7,14-16,18H,4-5,8-13H2,1-3H3,(H,29,33). The highest BCUT2D eigenvalue weighted by molar-refractivity contribution is 6.44. The van der Waals surface area contributed by atoms with Gasteiger partial charge < -0.3 is 20.0 Å². The molecule has 9 heteroatoms. The third-order valence-corrected chi connectivity index (χ3v) is 7.71. The first-order valence-corrected chi connectivity index (χ1v) is 12.4. The first kappa shape index (κ1) is 24.0. The molecular formula is C24H32Cl2N6O. The molecule has 1 aromatic heterocycles. The molecule has 0 saturated carbocycles. The average molecular weight is 491 g/mol. The van der Waals surface area contributed by atoms with Crippen molar-refractivity contribution in [2.24, 2.45) is 0 Å². The number of nitrogens with zero attached hydrogens (tertiary/aromatic N) is 5. The third-order valence-electron chi connectivity index (χ3n) is 6.81. The fraction of sp³-hybridized carbons (Fsp3) is 0.542. The highest BCUT2D eigenvalue weighted by atomic mass is 35.5. The van der Waals surface area contributed by atoms with E-state index < -0.39 is 0 Å². The summed E-state index contributed by atoms with van der Waals surface area (Å²) in [5.74, 6) is 0.750. The normalized spacial score (nSPS) is 18.4. The monoisotopic (exact) mass is 490 g/mol. The predicted octanol–water partition coefficient (Wildman–Crippen LogP) is 4.85. The SMILES string of the molecule is CC(NC(=O)N(C)C1CCN(C)CC1)c1ccc(-c2cnc(N3CCCC3)nc2)c(Cl)c1Cl. The molecule has 2 aliphatic rings. The maximum Gasteiger partial charge on any atom is 0.317 e. The number of anilines is 1. The Kier molecular flexibility index (Phi) is 7.62. The van der Waals surface area contributed by atoms with E-state index in [-0.39, 0.29) is 18.1 Å². The van der Waals surface area contributed by atoms with Gasteiger partial charge in [0.15, 0.2) is 0 Å². The number of amides is 2. The smallest absolute Gasteiger partial charge is 0.317 e. The molecule has 1 aromatic carbocycles. The molecule has 7 nitrogen and oxygen atoms in total. The van der Waals surface area contributed by atoms with Gasteiger partial charge in [0, 0.05) is 49.7 Å². The Morgan fingerprint density at radius 2 is 1.73 bits per heavy atom. The molecule has 1 atom stereocenters. The van der Waals surface area contributed by atoms with Crippen LogP contribution in [0.15, 0.2) is 24.5 Å². The van der Waals surface area contributed by atoms with Crippen molar-refractivity contribution in [1.29, 1.82) is 0 Å². The molecule has 178 valence electrons. The van der Waals surface area contributed by atoms with Gasteiger partial charge in [-0.3, -0.25) is 0 Å². The van der Waals surface area contributed by atoms with Crippen LogP contribution in [0.5, 0.6) is 0 Å². The maximum absolute atomic E-state index is 12.8. The Hall–Kier alpha value is -2.09. The topological polar surface area (TPSA) is 64.6 Å². The van der Waals surface area contributed by atoms with Crippen LogP contribution in [0, 0.1) is 0 Å². The number of aromatic nitrogens is 2. The van der Waals surface area contributed by atoms with Gasteiger partial charge in [-0.15, -0.1) is 0 Å². The van der Waals surface area contributed by atoms with Crippen LogP contribution < -0.4 is 10.2 Å². The summed E-state index contributed by atoms with van der Waals surface area (Å²) in [7, 11) is 3.98. The fourth-order valence-electron chi connectivity index (χ4n) is 4.58. The van der Waals surface area contributed by atoms with Crippen LogP contribution in [0.4, 0.5) is 10.7 Å². The number of rotatable bonds is 5. The Bertz CT molecular complexity index is 972. The van der Waals surface area contributed by atoms with Gasteiger partial charge in [-0.2, -0.15) is 0 Å². The first-order valence-electron chi connectivity index (χ1n) is 11.6. The number of halogens is 2. The van der Waals surface area contributed by atoms with Gasteiger partial charge in [-0.25, -0.2) is 14.8 Å². The lowest BCUT2D eigenvalue weighted by molar-refractivity contribution is 0.146. The summed E-state index contributed by atoms with van der Waals surface area (Å²) >= 11 is 13.3. The molecule has 2 aliphatic heterocycles. The van der Waals surface area contributed by atoms with Crippen LogP contribution in [-0.2, 0) is 0 Å². The highest BCUT2D eigenvalue weighted by Crippen LogP contribution is 2.38. The number of nitrogens with one attached hydrogen (secondary N) is 1. The Labute approximate surface area is 206 Å². The van der Waals surface area contributed by atoms with Crippen molar-refractivity contribution in [2.45, 2.75) is 44.7 Å². The summed E-state index contributed by atoms with van der Waals surface area (Å²) in [5.41, 5.74) is 2.38. The van der Waals surface area contributed by atoms with Gasteiger partial charge in [0.05, 0.1) is 16.1 Å². The quantitative estimate of drug-likeness (QED) is 0.648. The van der Waals surface area contributed by atoms with Crippen molar-refractivity contribution < 1.29 is 4.79 Å². The number of carbonyl (C=O) groups is 1. The summed E-state index contributed by atoms with van der Waals surface area (Å²) < 4.78 is 0. The van der Waals surface area contributed by atoms with E-state index in [1.165, 1.54) is 12.8 Å². The summed E-state index contributed by atoms with van der Waals surface area (Å²) in [4.78, 5) is 28.2. The first-order chi connectivity index (χ1) is 15.8. The Balaban J connectivity index is 1.44. The van der Waals surface area contributed by atoms with Crippen LogP contribution in [0.2, 0.25) is 10.0 Å². The number of likely N-dealkylation sites (tertiary alicyclic amines) is 1. The summed E-state index contributed by atoms with van der Waals surface area (Å²) in [6.07, 6.45) is 7.90. The zero-order valence-corrected chi connectivity index (χ0v) is 21.0. The number of hydrogen-bond acceptors (Lipinski definition) is 5. The van der Waals surface area contributed by atoms with Crippen LogP contribution in [0.1, 0.15) is 44.2 Å². The van der Waals surface area contributed by atoms with E-state index in [1.807, 2.05) is 31.0 Å². The zero-order chi connectivity index (χ0) is 23.5. The molecule has 2 fully saturated rings. The van der Waals surface area contributed by atoms with Gasteiger partial charge in [-0.05, 0) is 58.3 Å². The molecule has 2 amide bonds. The van der Waals surface area contributed by atoms with E-state index in [0.717, 1.165) is 61.7 Å². The minimum absolute atomic E-state index is 0.0979. The van der Waals surface area contributed by atoms with Gasteiger partial charge in [0.1, 0.15) is 0 Å². The summed E-state index contributed by atoms with van der Waals surface area (Å²) in [6.45, 7) is 5.92. The molecule has 1 unspecified atom stereocenters. The van der Waals surface area contributed by atoms with Gasteiger partial charge in [0.25, 0.3) is 0 Å². The second kappa shape index (κ2) is 10.5. The van der Waals surface area contributed by atoms with Crippen molar-refractivity contribution in [3.8, 4) is 11.1 Å².